The quantitative estimate of drug-likeness (QED) is 0.483. The first-order valence-electron chi connectivity index (χ1n) is 6.74. The van der Waals surface area contributed by atoms with Crippen molar-refractivity contribution in [1.29, 1.82) is 0 Å². The van der Waals surface area contributed by atoms with Gasteiger partial charge < -0.3 is 20.6 Å². The van der Waals surface area contributed by atoms with Crippen LogP contribution in [0.15, 0.2) is 53.7 Å². The Morgan fingerprint density at radius 2 is 2.04 bits per heavy atom. The molecule has 0 unspecified atom stereocenters. The second kappa shape index (κ2) is 8.05. The minimum absolute atomic E-state index is 0.140. The molecule has 2 aromatic carbocycles. The molecule has 0 radical (unpaired) electrons. The number of halogens is 1. The van der Waals surface area contributed by atoms with Crippen LogP contribution in [0.4, 0.5) is 5.69 Å². The van der Waals surface area contributed by atoms with Crippen molar-refractivity contribution in [3.63, 3.8) is 0 Å². The zero-order chi connectivity index (χ0) is 16.7. The largest absolute Gasteiger partial charge is 0.497 e. The Balaban J connectivity index is 1.87. The third kappa shape index (κ3) is 5.19. The standard InChI is InChI=1S/C16H16ClN3O3/c1-22-14-7-3-6-13(9-14)19-15(21)10-23-20-16(18)11-4-2-5-12(17)8-11/h2-9H,10H2,1H3,(H2,18,20)(H,19,21). The summed E-state index contributed by atoms with van der Waals surface area (Å²) < 4.78 is 5.08. The van der Waals surface area contributed by atoms with Crippen LogP contribution in [0.25, 0.3) is 0 Å². The molecule has 6 nitrogen and oxygen atoms in total. The molecule has 120 valence electrons. The molecule has 0 saturated heterocycles. The van der Waals surface area contributed by atoms with Gasteiger partial charge in [-0.05, 0) is 24.3 Å². The van der Waals surface area contributed by atoms with Gasteiger partial charge in [0.2, 0.25) is 0 Å². The van der Waals surface area contributed by atoms with Crippen molar-refractivity contribution >= 4 is 29.0 Å². The topological polar surface area (TPSA) is 85.9 Å². The minimum atomic E-state index is -0.360. The van der Waals surface area contributed by atoms with Crippen LogP contribution in [0.1, 0.15) is 5.56 Å². The molecule has 23 heavy (non-hydrogen) atoms. The Morgan fingerprint density at radius 3 is 2.78 bits per heavy atom. The minimum Gasteiger partial charge on any atom is -0.497 e. The molecule has 7 heteroatoms. The van der Waals surface area contributed by atoms with E-state index in [1.165, 1.54) is 0 Å². The number of amidine groups is 1. The predicted molar refractivity (Wildman–Crippen MR) is 89.8 cm³/mol. The van der Waals surface area contributed by atoms with Crippen molar-refractivity contribution < 1.29 is 14.4 Å². The molecule has 0 saturated carbocycles. The first kappa shape index (κ1) is 16.6. The summed E-state index contributed by atoms with van der Waals surface area (Å²) in [6, 6.07) is 13.8. The van der Waals surface area contributed by atoms with Gasteiger partial charge in [-0.1, -0.05) is 35.0 Å². The van der Waals surface area contributed by atoms with Crippen LogP contribution >= 0.6 is 11.6 Å². The van der Waals surface area contributed by atoms with E-state index in [0.717, 1.165) is 0 Å². The third-order valence-electron chi connectivity index (χ3n) is 2.83. The fourth-order valence-corrected chi connectivity index (χ4v) is 1.95. The number of hydrogen-bond donors (Lipinski definition) is 2. The zero-order valence-corrected chi connectivity index (χ0v) is 13.2. The average molecular weight is 334 g/mol. The van der Waals surface area contributed by atoms with Crippen LogP contribution < -0.4 is 15.8 Å². The number of benzene rings is 2. The molecular formula is C16H16ClN3O3. The lowest BCUT2D eigenvalue weighted by Gasteiger charge is -2.06. The Morgan fingerprint density at radius 1 is 1.26 bits per heavy atom. The summed E-state index contributed by atoms with van der Waals surface area (Å²) in [6.45, 7) is -0.265. The van der Waals surface area contributed by atoms with Crippen LogP contribution in [0.2, 0.25) is 5.02 Å². The van der Waals surface area contributed by atoms with Gasteiger partial charge in [0.1, 0.15) is 5.75 Å². The number of amides is 1. The van der Waals surface area contributed by atoms with Crippen LogP contribution in [-0.2, 0) is 9.63 Å². The molecular weight excluding hydrogens is 318 g/mol. The van der Waals surface area contributed by atoms with E-state index in [1.807, 2.05) is 0 Å². The Hall–Kier alpha value is -2.73. The lowest BCUT2D eigenvalue weighted by atomic mass is 10.2. The highest BCUT2D eigenvalue weighted by molar-refractivity contribution is 6.31. The number of anilines is 1. The summed E-state index contributed by atoms with van der Waals surface area (Å²) in [5.74, 6) is 0.425. The van der Waals surface area contributed by atoms with Gasteiger partial charge in [0.15, 0.2) is 12.4 Å². The predicted octanol–water partition coefficient (Wildman–Crippen LogP) is 2.62. The van der Waals surface area contributed by atoms with E-state index in [0.29, 0.717) is 22.0 Å². The van der Waals surface area contributed by atoms with Crippen LogP contribution in [0.5, 0.6) is 5.75 Å². The second-order valence-corrected chi connectivity index (χ2v) is 4.98. The van der Waals surface area contributed by atoms with Crippen molar-refractivity contribution in [3.8, 4) is 5.75 Å². The summed E-state index contributed by atoms with van der Waals surface area (Å²) in [5, 5.41) is 6.90. The van der Waals surface area contributed by atoms with Crippen molar-refractivity contribution in [2.45, 2.75) is 0 Å². The van der Waals surface area contributed by atoms with Gasteiger partial charge in [-0.25, -0.2) is 0 Å². The fourth-order valence-electron chi connectivity index (χ4n) is 1.76. The zero-order valence-electron chi connectivity index (χ0n) is 12.5. The number of carbonyl (C=O) groups excluding carboxylic acids is 1. The van der Waals surface area contributed by atoms with E-state index in [-0.39, 0.29) is 18.3 Å². The van der Waals surface area contributed by atoms with Gasteiger partial charge in [-0.3, -0.25) is 4.79 Å². The van der Waals surface area contributed by atoms with Gasteiger partial charge in [-0.2, -0.15) is 0 Å². The number of carbonyl (C=O) groups is 1. The lowest BCUT2D eigenvalue weighted by Crippen LogP contribution is -2.19. The molecule has 0 spiro atoms. The summed E-state index contributed by atoms with van der Waals surface area (Å²) in [5.41, 5.74) is 6.98. The molecule has 2 aromatic rings. The van der Waals surface area contributed by atoms with Crippen LogP contribution in [-0.4, -0.2) is 25.5 Å². The van der Waals surface area contributed by atoms with Gasteiger partial charge in [0.25, 0.3) is 5.91 Å². The van der Waals surface area contributed by atoms with Gasteiger partial charge in [0, 0.05) is 22.3 Å². The Bertz CT molecular complexity index is 719. The molecule has 0 aliphatic rings. The van der Waals surface area contributed by atoms with Crippen molar-refractivity contribution in [2.24, 2.45) is 10.9 Å². The molecule has 2 rings (SSSR count). The molecule has 0 aromatic heterocycles. The SMILES string of the molecule is COc1cccc(NC(=O)CO/N=C(/N)c2cccc(Cl)c2)c1. The molecule has 0 aliphatic carbocycles. The summed E-state index contributed by atoms with van der Waals surface area (Å²) in [6.07, 6.45) is 0. The number of ether oxygens (including phenoxy) is 1. The first-order valence-corrected chi connectivity index (χ1v) is 7.11. The highest BCUT2D eigenvalue weighted by Crippen LogP contribution is 2.16. The van der Waals surface area contributed by atoms with E-state index < -0.39 is 0 Å². The van der Waals surface area contributed by atoms with Crippen molar-refractivity contribution in [1.82, 2.24) is 0 Å². The number of nitrogens with one attached hydrogen (secondary N) is 1. The average Bonchev–Trinajstić information content (AvgIpc) is 2.55. The highest BCUT2D eigenvalue weighted by Gasteiger charge is 2.05. The maximum atomic E-state index is 11.8. The highest BCUT2D eigenvalue weighted by atomic mass is 35.5. The van der Waals surface area contributed by atoms with E-state index in [4.69, 9.17) is 26.9 Å². The number of nitrogens with two attached hydrogens (primary N) is 1. The Kier molecular flexibility index (Phi) is 5.82. The van der Waals surface area contributed by atoms with E-state index in [2.05, 4.69) is 10.5 Å². The van der Waals surface area contributed by atoms with E-state index >= 15 is 0 Å². The normalized spacial score (nSPS) is 11.0. The van der Waals surface area contributed by atoms with Gasteiger partial charge in [-0.15, -0.1) is 0 Å². The summed E-state index contributed by atoms with van der Waals surface area (Å²) >= 11 is 5.86. The molecule has 0 atom stereocenters. The number of methoxy groups -OCH3 is 1. The van der Waals surface area contributed by atoms with E-state index in [1.54, 1.807) is 55.6 Å². The summed E-state index contributed by atoms with van der Waals surface area (Å²) in [4.78, 5) is 16.7. The third-order valence-corrected chi connectivity index (χ3v) is 3.07. The first-order chi connectivity index (χ1) is 11.1. The smallest absolute Gasteiger partial charge is 0.265 e. The van der Waals surface area contributed by atoms with Crippen LogP contribution in [0, 0.1) is 0 Å². The van der Waals surface area contributed by atoms with Gasteiger partial charge >= 0.3 is 0 Å². The maximum Gasteiger partial charge on any atom is 0.265 e. The van der Waals surface area contributed by atoms with E-state index in [9.17, 15) is 4.79 Å². The lowest BCUT2D eigenvalue weighted by molar-refractivity contribution is -0.120. The second-order valence-electron chi connectivity index (χ2n) is 4.54. The van der Waals surface area contributed by atoms with Gasteiger partial charge in [0.05, 0.1) is 7.11 Å². The number of oxime groups is 1. The number of hydrogen-bond acceptors (Lipinski definition) is 4. The molecule has 0 bridgehead atoms. The monoisotopic (exact) mass is 333 g/mol. The van der Waals surface area contributed by atoms with Crippen LogP contribution in [0.3, 0.4) is 0 Å². The van der Waals surface area contributed by atoms with Crippen molar-refractivity contribution in [2.75, 3.05) is 19.0 Å². The Labute approximate surface area is 138 Å². The molecule has 3 N–H and O–H groups in total. The number of rotatable bonds is 6. The fraction of sp³-hybridized carbons (Fsp3) is 0.125. The molecule has 0 fully saturated rings. The molecule has 0 aliphatic heterocycles. The summed E-state index contributed by atoms with van der Waals surface area (Å²) in [7, 11) is 1.55. The molecule has 0 heterocycles. The van der Waals surface area contributed by atoms with Crippen molar-refractivity contribution in [3.05, 3.63) is 59.1 Å². The number of nitrogens with zero attached hydrogens (tertiary/aromatic N) is 1. The molecule has 1 amide bonds. The maximum absolute atomic E-state index is 11.8.